The lowest BCUT2D eigenvalue weighted by Gasteiger charge is -2.33. The summed E-state index contributed by atoms with van der Waals surface area (Å²) in [7, 11) is -3.76. The first-order chi connectivity index (χ1) is 15.5. The number of benzene rings is 2. The predicted molar refractivity (Wildman–Crippen MR) is 133 cm³/mol. The number of carbonyl (C=O) groups is 2. The lowest BCUT2D eigenvalue weighted by molar-refractivity contribution is -0.140. The van der Waals surface area contributed by atoms with Crippen LogP contribution in [0.5, 0.6) is 0 Å². The van der Waals surface area contributed by atoms with Gasteiger partial charge in [0.15, 0.2) is 0 Å². The van der Waals surface area contributed by atoms with Gasteiger partial charge in [0.1, 0.15) is 12.6 Å². The van der Waals surface area contributed by atoms with Crippen molar-refractivity contribution in [3.05, 3.63) is 64.2 Å². The van der Waals surface area contributed by atoms with E-state index in [4.69, 9.17) is 11.6 Å². The third-order valence-electron chi connectivity index (χ3n) is 5.53. The van der Waals surface area contributed by atoms with E-state index in [2.05, 4.69) is 5.32 Å². The first-order valence-corrected chi connectivity index (χ1v) is 13.1. The maximum atomic E-state index is 13.6. The van der Waals surface area contributed by atoms with Crippen molar-refractivity contribution in [2.75, 3.05) is 23.7 Å². The second-order valence-electron chi connectivity index (χ2n) is 7.96. The highest BCUT2D eigenvalue weighted by atomic mass is 35.5. The Labute approximate surface area is 201 Å². The number of rotatable bonds is 10. The first-order valence-electron chi connectivity index (χ1n) is 10.8. The zero-order valence-corrected chi connectivity index (χ0v) is 21.3. The summed E-state index contributed by atoms with van der Waals surface area (Å²) in [5.74, 6) is -0.741. The number of carbonyl (C=O) groups excluding carboxylic acids is 2. The van der Waals surface area contributed by atoms with Crippen molar-refractivity contribution in [2.45, 2.75) is 46.7 Å². The standard InChI is InChI=1S/C24H32ClN3O4S/c1-6-21(24(30)26-7-2)27(15-19-11-13-20(25)14-12-19)23(29)16-28(33(5,31)32)22-10-8-9-17(3)18(22)4/h8-14,21H,6-7,15-16H2,1-5H3,(H,26,30). The third-order valence-corrected chi connectivity index (χ3v) is 6.91. The molecule has 0 aliphatic heterocycles. The summed E-state index contributed by atoms with van der Waals surface area (Å²) in [5.41, 5.74) is 2.92. The van der Waals surface area contributed by atoms with Gasteiger partial charge in [-0.2, -0.15) is 0 Å². The molecule has 0 aromatic heterocycles. The van der Waals surface area contributed by atoms with E-state index in [-0.39, 0.29) is 12.5 Å². The van der Waals surface area contributed by atoms with E-state index >= 15 is 0 Å². The molecule has 33 heavy (non-hydrogen) atoms. The lowest BCUT2D eigenvalue weighted by atomic mass is 10.1. The molecule has 1 atom stereocenters. The van der Waals surface area contributed by atoms with Crippen LogP contribution in [0.3, 0.4) is 0 Å². The third kappa shape index (κ3) is 6.95. The highest BCUT2D eigenvalue weighted by molar-refractivity contribution is 7.92. The Morgan fingerprint density at radius 2 is 1.70 bits per heavy atom. The Bertz CT molecular complexity index is 1090. The van der Waals surface area contributed by atoms with Crippen LogP contribution in [-0.4, -0.2) is 50.5 Å². The number of nitrogens with one attached hydrogen (secondary N) is 1. The summed E-state index contributed by atoms with van der Waals surface area (Å²) in [6, 6.07) is 11.6. The molecule has 2 aromatic rings. The number of hydrogen-bond donors (Lipinski definition) is 1. The van der Waals surface area contributed by atoms with Gasteiger partial charge >= 0.3 is 0 Å². The number of sulfonamides is 1. The molecule has 1 unspecified atom stereocenters. The maximum Gasteiger partial charge on any atom is 0.244 e. The monoisotopic (exact) mass is 493 g/mol. The normalized spacial score (nSPS) is 12.2. The zero-order chi connectivity index (χ0) is 24.8. The van der Waals surface area contributed by atoms with Crippen molar-refractivity contribution >= 4 is 39.1 Å². The Hall–Kier alpha value is -2.58. The van der Waals surface area contributed by atoms with Gasteiger partial charge in [0, 0.05) is 18.1 Å². The molecule has 1 N–H and O–H groups in total. The Morgan fingerprint density at radius 3 is 2.24 bits per heavy atom. The van der Waals surface area contributed by atoms with E-state index in [0.717, 1.165) is 27.3 Å². The average Bonchev–Trinajstić information content (AvgIpc) is 2.75. The predicted octanol–water partition coefficient (Wildman–Crippen LogP) is 3.67. The smallest absolute Gasteiger partial charge is 0.244 e. The number of hydrogen-bond acceptors (Lipinski definition) is 4. The minimum atomic E-state index is -3.76. The molecule has 2 aromatic carbocycles. The molecule has 180 valence electrons. The molecule has 0 heterocycles. The molecule has 2 rings (SSSR count). The molecule has 0 radical (unpaired) electrons. The SMILES string of the molecule is CCNC(=O)C(CC)N(Cc1ccc(Cl)cc1)C(=O)CN(c1cccc(C)c1C)S(C)(=O)=O. The van der Waals surface area contributed by atoms with E-state index in [0.29, 0.717) is 23.7 Å². The number of likely N-dealkylation sites (N-methyl/N-ethyl adjacent to an activating group) is 1. The highest BCUT2D eigenvalue weighted by Crippen LogP contribution is 2.25. The van der Waals surface area contributed by atoms with Gasteiger partial charge < -0.3 is 10.2 Å². The summed E-state index contributed by atoms with van der Waals surface area (Å²) < 4.78 is 26.5. The molecule has 0 spiro atoms. The van der Waals surface area contributed by atoms with Crippen molar-refractivity contribution in [1.29, 1.82) is 0 Å². The van der Waals surface area contributed by atoms with Gasteiger partial charge in [0.05, 0.1) is 11.9 Å². The van der Waals surface area contributed by atoms with Gasteiger partial charge in [-0.25, -0.2) is 8.42 Å². The van der Waals surface area contributed by atoms with Gasteiger partial charge in [0.2, 0.25) is 21.8 Å². The fourth-order valence-corrected chi connectivity index (χ4v) is 4.62. The van der Waals surface area contributed by atoms with Gasteiger partial charge in [-0.3, -0.25) is 13.9 Å². The van der Waals surface area contributed by atoms with Gasteiger partial charge in [-0.1, -0.05) is 42.8 Å². The van der Waals surface area contributed by atoms with Crippen LogP contribution in [0.4, 0.5) is 5.69 Å². The first kappa shape index (κ1) is 26.7. The Kier molecular flexibility index (Phi) is 9.31. The number of anilines is 1. The molecule has 2 amide bonds. The van der Waals surface area contributed by atoms with Crippen molar-refractivity contribution < 1.29 is 18.0 Å². The van der Waals surface area contributed by atoms with Crippen molar-refractivity contribution in [1.82, 2.24) is 10.2 Å². The average molecular weight is 494 g/mol. The largest absolute Gasteiger partial charge is 0.355 e. The number of nitrogens with zero attached hydrogens (tertiary/aromatic N) is 2. The molecule has 0 fully saturated rings. The quantitative estimate of drug-likeness (QED) is 0.547. The second-order valence-corrected chi connectivity index (χ2v) is 10.3. The summed E-state index contributed by atoms with van der Waals surface area (Å²) in [6.07, 6.45) is 1.46. The minimum Gasteiger partial charge on any atom is -0.355 e. The van der Waals surface area contributed by atoms with Gasteiger partial charge in [-0.05, 0) is 62.1 Å². The van der Waals surface area contributed by atoms with E-state index in [9.17, 15) is 18.0 Å². The summed E-state index contributed by atoms with van der Waals surface area (Å²) >= 11 is 5.99. The zero-order valence-electron chi connectivity index (χ0n) is 19.8. The van der Waals surface area contributed by atoms with Gasteiger partial charge in [0.25, 0.3) is 0 Å². The summed E-state index contributed by atoms with van der Waals surface area (Å²) in [6.45, 7) is 7.50. The molecular weight excluding hydrogens is 462 g/mol. The summed E-state index contributed by atoms with van der Waals surface area (Å²) in [5, 5.41) is 3.33. The van der Waals surface area contributed by atoms with Crippen LogP contribution in [0.15, 0.2) is 42.5 Å². The molecule has 9 heteroatoms. The number of halogens is 1. The van der Waals surface area contributed by atoms with Crippen LogP contribution in [-0.2, 0) is 26.2 Å². The fourth-order valence-electron chi connectivity index (χ4n) is 3.60. The fraction of sp³-hybridized carbons (Fsp3) is 0.417. The second kappa shape index (κ2) is 11.5. The molecule has 7 nitrogen and oxygen atoms in total. The van der Waals surface area contributed by atoms with E-state index < -0.39 is 28.5 Å². The maximum absolute atomic E-state index is 13.6. The minimum absolute atomic E-state index is 0.149. The van der Waals surface area contributed by atoms with Crippen LogP contribution < -0.4 is 9.62 Å². The van der Waals surface area contributed by atoms with Gasteiger partial charge in [-0.15, -0.1) is 0 Å². The highest BCUT2D eigenvalue weighted by Gasteiger charge is 2.32. The van der Waals surface area contributed by atoms with Crippen LogP contribution in [0, 0.1) is 13.8 Å². The van der Waals surface area contributed by atoms with Crippen molar-refractivity contribution in [3.63, 3.8) is 0 Å². The molecule has 0 bridgehead atoms. The number of amides is 2. The van der Waals surface area contributed by atoms with Crippen LogP contribution in [0.25, 0.3) is 0 Å². The van der Waals surface area contributed by atoms with Crippen molar-refractivity contribution in [2.24, 2.45) is 0 Å². The van der Waals surface area contributed by atoms with E-state index in [1.807, 2.05) is 33.8 Å². The molecule has 0 aliphatic carbocycles. The van der Waals surface area contributed by atoms with Crippen LogP contribution in [0.2, 0.25) is 5.02 Å². The molecular formula is C24H32ClN3O4S. The van der Waals surface area contributed by atoms with Crippen molar-refractivity contribution in [3.8, 4) is 0 Å². The van der Waals surface area contributed by atoms with E-state index in [1.54, 1.807) is 36.4 Å². The Morgan fingerprint density at radius 1 is 1.06 bits per heavy atom. The Balaban J connectivity index is 2.47. The molecule has 0 aliphatic rings. The molecule has 0 saturated heterocycles. The lowest BCUT2D eigenvalue weighted by Crippen LogP contribution is -2.52. The van der Waals surface area contributed by atoms with Crippen LogP contribution in [0.1, 0.15) is 37.0 Å². The molecule has 0 saturated carbocycles. The number of aryl methyl sites for hydroxylation is 1. The van der Waals surface area contributed by atoms with Crippen LogP contribution >= 0.6 is 11.6 Å². The topological polar surface area (TPSA) is 86.8 Å². The summed E-state index contributed by atoms with van der Waals surface area (Å²) in [4.78, 5) is 27.8. The van der Waals surface area contributed by atoms with E-state index in [1.165, 1.54) is 4.90 Å².